The molecule has 1 aromatic rings. The number of hydrogen-bond acceptors (Lipinski definition) is 5. The molecular formula is C8H12N2O3S. The molecule has 0 bridgehead atoms. The summed E-state index contributed by atoms with van der Waals surface area (Å²) in [5.74, 6) is -0.948. The predicted molar refractivity (Wildman–Crippen MR) is 54.2 cm³/mol. The Kier molecular flexibility index (Phi) is 3.84. The van der Waals surface area contributed by atoms with Crippen LogP contribution < -0.4 is 5.32 Å². The van der Waals surface area contributed by atoms with Crippen LogP contribution in [-0.4, -0.2) is 35.7 Å². The van der Waals surface area contributed by atoms with Gasteiger partial charge in [-0.25, -0.2) is 4.79 Å². The van der Waals surface area contributed by atoms with Gasteiger partial charge in [0, 0.05) is 13.7 Å². The molecule has 6 heteroatoms. The molecule has 0 saturated carbocycles. The van der Waals surface area contributed by atoms with E-state index in [-0.39, 0.29) is 5.56 Å². The number of aromatic nitrogens is 1. The van der Waals surface area contributed by atoms with Gasteiger partial charge in [-0.3, -0.25) is 0 Å². The van der Waals surface area contributed by atoms with Gasteiger partial charge in [-0.2, -0.15) is 4.37 Å². The molecule has 0 atom stereocenters. The van der Waals surface area contributed by atoms with Crippen LogP contribution in [0.3, 0.4) is 0 Å². The second-order valence-corrected chi connectivity index (χ2v) is 3.47. The van der Waals surface area contributed by atoms with Gasteiger partial charge < -0.3 is 15.2 Å². The zero-order valence-corrected chi connectivity index (χ0v) is 8.85. The molecule has 1 rings (SSSR count). The SMILES string of the molecule is COCCNc1snc(C)c1C(=O)O. The summed E-state index contributed by atoms with van der Waals surface area (Å²) in [4.78, 5) is 10.8. The second-order valence-electron chi connectivity index (χ2n) is 2.70. The van der Waals surface area contributed by atoms with Gasteiger partial charge in [0.15, 0.2) is 0 Å². The Morgan fingerprint density at radius 3 is 3.00 bits per heavy atom. The lowest BCUT2D eigenvalue weighted by Gasteiger charge is -2.03. The molecule has 0 aliphatic rings. The van der Waals surface area contributed by atoms with E-state index < -0.39 is 5.97 Å². The summed E-state index contributed by atoms with van der Waals surface area (Å²) in [7, 11) is 1.59. The average Bonchev–Trinajstić information content (AvgIpc) is 2.47. The third-order valence-electron chi connectivity index (χ3n) is 1.67. The first-order chi connectivity index (χ1) is 6.66. The highest BCUT2D eigenvalue weighted by atomic mass is 32.1. The lowest BCUT2D eigenvalue weighted by atomic mass is 10.2. The maximum absolute atomic E-state index is 10.8. The molecule has 0 spiro atoms. The van der Waals surface area contributed by atoms with Crippen LogP contribution in [0.2, 0.25) is 0 Å². The highest BCUT2D eigenvalue weighted by molar-refractivity contribution is 7.10. The van der Waals surface area contributed by atoms with Crippen molar-refractivity contribution in [2.75, 3.05) is 25.6 Å². The first-order valence-electron chi connectivity index (χ1n) is 4.09. The number of rotatable bonds is 5. The number of carboxylic acid groups (broad SMARTS) is 1. The Balaban J connectivity index is 2.71. The van der Waals surface area contributed by atoms with Gasteiger partial charge in [0.05, 0.1) is 12.3 Å². The van der Waals surface area contributed by atoms with Crippen molar-refractivity contribution < 1.29 is 14.6 Å². The molecule has 78 valence electrons. The standard InChI is InChI=1S/C8H12N2O3S/c1-5-6(8(11)12)7(14-10-5)9-3-4-13-2/h9H,3-4H2,1-2H3,(H,11,12). The molecule has 0 saturated heterocycles. The quantitative estimate of drug-likeness (QED) is 0.724. The third kappa shape index (κ3) is 2.43. The molecule has 1 aromatic heterocycles. The molecular weight excluding hydrogens is 204 g/mol. The van der Waals surface area contributed by atoms with Crippen LogP contribution in [0.4, 0.5) is 5.00 Å². The smallest absolute Gasteiger partial charge is 0.340 e. The van der Waals surface area contributed by atoms with E-state index in [2.05, 4.69) is 9.69 Å². The Bertz CT molecular complexity index is 324. The minimum Gasteiger partial charge on any atom is -0.478 e. The topological polar surface area (TPSA) is 71.5 Å². The van der Waals surface area contributed by atoms with Crippen molar-refractivity contribution in [2.24, 2.45) is 0 Å². The largest absolute Gasteiger partial charge is 0.478 e. The monoisotopic (exact) mass is 216 g/mol. The fraction of sp³-hybridized carbons (Fsp3) is 0.500. The number of nitrogens with zero attached hydrogens (tertiary/aromatic N) is 1. The Hall–Kier alpha value is -1.14. The number of nitrogens with one attached hydrogen (secondary N) is 1. The van der Waals surface area contributed by atoms with Crippen molar-refractivity contribution in [1.29, 1.82) is 0 Å². The van der Waals surface area contributed by atoms with Crippen molar-refractivity contribution in [2.45, 2.75) is 6.92 Å². The van der Waals surface area contributed by atoms with Crippen LogP contribution in [0.25, 0.3) is 0 Å². The molecule has 0 amide bonds. The first-order valence-corrected chi connectivity index (χ1v) is 4.86. The van der Waals surface area contributed by atoms with Crippen LogP contribution in [0.15, 0.2) is 0 Å². The van der Waals surface area contributed by atoms with E-state index in [9.17, 15) is 4.79 Å². The van der Waals surface area contributed by atoms with E-state index in [0.29, 0.717) is 23.8 Å². The Morgan fingerprint density at radius 1 is 1.71 bits per heavy atom. The molecule has 14 heavy (non-hydrogen) atoms. The summed E-state index contributed by atoms with van der Waals surface area (Å²) in [5.41, 5.74) is 0.800. The van der Waals surface area contributed by atoms with Gasteiger partial charge >= 0.3 is 5.97 Å². The van der Waals surface area contributed by atoms with Crippen LogP contribution in [-0.2, 0) is 4.74 Å². The number of carbonyl (C=O) groups is 1. The highest BCUT2D eigenvalue weighted by Gasteiger charge is 2.16. The van der Waals surface area contributed by atoms with E-state index in [4.69, 9.17) is 9.84 Å². The summed E-state index contributed by atoms with van der Waals surface area (Å²) < 4.78 is 8.82. The summed E-state index contributed by atoms with van der Waals surface area (Å²) in [6.45, 7) is 2.80. The normalized spacial score (nSPS) is 10.1. The zero-order valence-electron chi connectivity index (χ0n) is 8.03. The van der Waals surface area contributed by atoms with Crippen molar-refractivity contribution in [3.05, 3.63) is 11.3 Å². The van der Waals surface area contributed by atoms with E-state index in [0.717, 1.165) is 11.5 Å². The molecule has 0 aliphatic carbocycles. The Morgan fingerprint density at radius 2 is 2.43 bits per heavy atom. The number of aromatic carboxylic acids is 1. The lowest BCUT2D eigenvalue weighted by Crippen LogP contribution is -2.09. The van der Waals surface area contributed by atoms with Gasteiger partial charge in [0.25, 0.3) is 0 Å². The minimum atomic E-state index is -0.948. The molecule has 0 fully saturated rings. The van der Waals surface area contributed by atoms with Crippen molar-refractivity contribution in [3.63, 3.8) is 0 Å². The number of anilines is 1. The lowest BCUT2D eigenvalue weighted by molar-refractivity contribution is 0.0697. The van der Waals surface area contributed by atoms with Gasteiger partial charge in [-0.05, 0) is 18.5 Å². The fourth-order valence-electron chi connectivity index (χ4n) is 1.01. The molecule has 0 unspecified atom stereocenters. The summed E-state index contributed by atoms with van der Waals surface area (Å²) in [6, 6.07) is 0. The number of methoxy groups -OCH3 is 1. The predicted octanol–water partition coefficient (Wildman–Crippen LogP) is 1.21. The molecule has 1 heterocycles. The third-order valence-corrected chi connectivity index (χ3v) is 2.56. The molecule has 5 nitrogen and oxygen atoms in total. The molecule has 2 N–H and O–H groups in total. The first kappa shape index (κ1) is 10.9. The number of aryl methyl sites for hydroxylation is 1. The van der Waals surface area contributed by atoms with Crippen molar-refractivity contribution >= 4 is 22.5 Å². The maximum Gasteiger partial charge on any atom is 0.340 e. The van der Waals surface area contributed by atoms with E-state index >= 15 is 0 Å². The van der Waals surface area contributed by atoms with Gasteiger partial charge in [-0.15, -0.1) is 0 Å². The number of hydrogen-bond donors (Lipinski definition) is 2. The molecule has 0 aliphatic heterocycles. The van der Waals surface area contributed by atoms with E-state index in [1.807, 2.05) is 0 Å². The minimum absolute atomic E-state index is 0.256. The summed E-state index contributed by atoms with van der Waals surface area (Å²) >= 11 is 1.16. The van der Waals surface area contributed by atoms with Crippen LogP contribution in [0, 0.1) is 6.92 Å². The van der Waals surface area contributed by atoms with Gasteiger partial charge in [0.2, 0.25) is 0 Å². The van der Waals surface area contributed by atoms with Crippen LogP contribution in [0.1, 0.15) is 16.1 Å². The van der Waals surface area contributed by atoms with Crippen LogP contribution >= 0.6 is 11.5 Å². The van der Waals surface area contributed by atoms with E-state index in [1.54, 1.807) is 14.0 Å². The summed E-state index contributed by atoms with van der Waals surface area (Å²) in [5, 5.41) is 12.4. The van der Waals surface area contributed by atoms with E-state index in [1.165, 1.54) is 0 Å². The zero-order chi connectivity index (χ0) is 10.6. The van der Waals surface area contributed by atoms with Gasteiger partial charge in [0.1, 0.15) is 10.6 Å². The number of carboxylic acids is 1. The fourth-order valence-corrected chi connectivity index (χ4v) is 1.82. The molecule has 0 radical (unpaired) electrons. The van der Waals surface area contributed by atoms with Crippen molar-refractivity contribution in [3.8, 4) is 0 Å². The highest BCUT2D eigenvalue weighted by Crippen LogP contribution is 2.23. The Labute approximate surface area is 85.9 Å². The maximum atomic E-state index is 10.8. The second kappa shape index (κ2) is 4.92. The van der Waals surface area contributed by atoms with Gasteiger partial charge in [-0.1, -0.05) is 0 Å². The molecule has 0 aromatic carbocycles. The van der Waals surface area contributed by atoms with Crippen LogP contribution in [0.5, 0.6) is 0 Å². The average molecular weight is 216 g/mol. The number of ether oxygens (including phenoxy) is 1. The van der Waals surface area contributed by atoms with Crippen molar-refractivity contribution in [1.82, 2.24) is 4.37 Å². The summed E-state index contributed by atoms with van der Waals surface area (Å²) in [6.07, 6.45) is 0.